The lowest BCUT2D eigenvalue weighted by atomic mass is 10.1. The minimum Gasteiger partial charge on any atom is -0.276 e. The minimum absolute atomic E-state index is 0.432. The molecule has 0 spiro atoms. The maximum absolute atomic E-state index is 11.2. The van der Waals surface area contributed by atoms with Gasteiger partial charge in [-0.1, -0.05) is 60.7 Å². The average molecular weight is 243 g/mol. The predicted molar refractivity (Wildman–Crippen MR) is 72.0 cm³/mol. The maximum atomic E-state index is 11.2. The molecule has 1 nitrogen and oxygen atoms in total. The van der Waals surface area contributed by atoms with Crippen molar-refractivity contribution in [3.05, 3.63) is 71.3 Å². The molecule has 2 heteroatoms. The van der Waals surface area contributed by atoms with Gasteiger partial charge in [0, 0.05) is 5.56 Å². The average Bonchev–Trinajstić information content (AvgIpc) is 2.38. The summed E-state index contributed by atoms with van der Waals surface area (Å²) in [4.78, 5) is 11.2. The first-order valence-corrected chi connectivity index (χ1v) is 5.67. The van der Waals surface area contributed by atoms with E-state index in [0.717, 1.165) is 11.1 Å². The second-order valence-electron chi connectivity index (χ2n) is 3.60. The standard InChI is InChI=1S/C15H11ClO/c16-15(17)14-9-5-4-8-13(14)11-10-12-6-2-1-3-7-12/h1-11H/b11-10+. The van der Waals surface area contributed by atoms with Gasteiger partial charge in [-0.05, 0) is 28.8 Å². The summed E-state index contributed by atoms with van der Waals surface area (Å²) >= 11 is 5.52. The molecule has 0 heterocycles. The molecular weight excluding hydrogens is 232 g/mol. The van der Waals surface area contributed by atoms with Crippen LogP contribution in [0.15, 0.2) is 54.6 Å². The van der Waals surface area contributed by atoms with Crippen LogP contribution < -0.4 is 0 Å². The monoisotopic (exact) mass is 242 g/mol. The highest BCUT2D eigenvalue weighted by Gasteiger charge is 2.04. The van der Waals surface area contributed by atoms with Gasteiger partial charge in [0.1, 0.15) is 0 Å². The molecular formula is C15H11ClO. The van der Waals surface area contributed by atoms with Crippen LogP contribution in [-0.4, -0.2) is 5.24 Å². The van der Waals surface area contributed by atoms with Gasteiger partial charge in [-0.15, -0.1) is 0 Å². The second-order valence-corrected chi connectivity index (χ2v) is 3.95. The Bertz CT molecular complexity index is 544. The largest absolute Gasteiger partial charge is 0.276 e. The van der Waals surface area contributed by atoms with Gasteiger partial charge in [-0.25, -0.2) is 0 Å². The van der Waals surface area contributed by atoms with Gasteiger partial charge in [-0.3, -0.25) is 4.79 Å². The molecule has 2 rings (SSSR count). The summed E-state index contributed by atoms with van der Waals surface area (Å²) in [6.07, 6.45) is 3.85. The van der Waals surface area contributed by atoms with Gasteiger partial charge in [0.05, 0.1) is 0 Å². The predicted octanol–water partition coefficient (Wildman–Crippen LogP) is 4.24. The van der Waals surface area contributed by atoms with Crippen molar-refractivity contribution in [1.29, 1.82) is 0 Å². The third-order valence-electron chi connectivity index (χ3n) is 2.43. The van der Waals surface area contributed by atoms with E-state index in [2.05, 4.69) is 0 Å². The first kappa shape index (κ1) is 11.6. The van der Waals surface area contributed by atoms with Crippen LogP contribution in [-0.2, 0) is 0 Å². The zero-order valence-electron chi connectivity index (χ0n) is 9.14. The van der Waals surface area contributed by atoms with Crippen LogP contribution in [0.2, 0.25) is 0 Å². The summed E-state index contributed by atoms with van der Waals surface area (Å²) in [5.74, 6) is 0. The Labute approximate surface area is 105 Å². The molecule has 0 aliphatic carbocycles. The summed E-state index contributed by atoms with van der Waals surface area (Å²) < 4.78 is 0. The molecule has 17 heavy (non-hydrogen) atoms. The van der Waals surface area contributed by atoms with Crippen molar-refractivity contribution in [2.24, 2.45) is 0 Å². The molecule has 0 atom stereocenters. The third kappa shape index (κ3) is 3.05. The van der Waals surface area contributed by atoms with Crippen LogP contribution in [0.3, 0.4) is 0 Å². The van der Waals surface area contributed by atoms with Gasteiger partial charge in [-0.2, -0.15) is 0 Å². The molecule has 0 saturated heterocycles. The molecule has 0 bridgehead atoms. The molecule has 0 saturated carbocycles. The van der Waals surface area contributed by atoms with Gasteiger partial charge >= 0.3 is 0 Å². The fourth-order valence-electron chi connectivity index (χ4n) is 1.57. The highest BCUT2D eigenvalue weighted by molar-refractivity contribution is 6.68. The number of rotatable bonds is 3. The molecule has 84 valence electrons. The summed E-state index contributed by atoms with van der Waals surface area (Å²) in [6, 6.07) is 17.2. The minimum atomic E-state index is -0.432. The van der Waals surface area contributed by atoms with Crippen LogP contribution in [0.5, 0.6) is 0 Å². The number of halogens is 1. The van der Waals surface area contributed by atoms with E-state index < -0.39 is 5.24 Å². The Balaban J connectivity index is 2.30. The smallest absolute Gasteiger partial charge is 0.252 e. The highest BCUT2D eigenvalue weighted by Crippen LogP contribution is 2.15. The van der Waals surface area contributed by atoms with Gasteiger partial charge in [0.25, 0.3) is 5.24 Å². The topological polar surface area (TPSA) is 17.1 Å². The van der Waals surface area contributed by atoms with Crippen LogP contribution in [0, 0.1) is 0 Å². The maximum Gasteiger partial charge on any atom is 0.252 e. The molecule has 2 aromatic rings. The summed E-state index contributed by atoms with van der Waals surface area (Å²) in [5.41, 5.74) is 2.45. The number of benzene rings is 2. The Morgan fingerprint density at radius 3 is 2.24 bits per heavy atom. The van der Waals surface area contributed by atoms with Crippen molar-refractivity contribution in [3.8, 4) is 0 Å². The SMILES string of the molecule is O=C(Cl)c1ccccc1/C=C/c1ccccc1. The van der Waals surface area contributed by atoms with Crippen LogP contribution in [0.4, 0.5) is 0 Å². The number of hydrogen-bond donors (Lipinski definition) is 0. The van der Waals surface area contributed by atoms with Crippen LogP contribution in [0.1, 0.15) is 21.5 Å². The van der Waals surface area contributed by atoms with Crippen molar-refractivity contribution in [3.63, 3.8) is 0 Å². The highest BCUT2D eigenvalue weighted by atomic mass is 35.5. The second kappa shape index (κ2) is 5.46. The van der Waals surface area contributed by atoms with E-state index in [1.807, 2.05) is 54.6 Å². The lowest BCUT2D eigenvalue weighted by Gasteiger charge is -1.99. The van der Waals surface area contributed by atoms with Crippen molar-refractivity contribution < 1.29 is 4.79 Å². The fraction of sp³-hybridized carbons (Fsp3) is 0. The molecule has 0 aromatic heterocycles. The van der Waals surface area contributed by atoms with E-state index in [0.29, 0.717) is 5.56 Å². The number of carbonyl (C=O) groups excluding carboxylic acids is 1. The Morgan fingerprint density at radius 2 is 1.53 bits per heavy atom. The number of carbonyl (C=O) groups is 1. The first-order chi connectivity index (χ1) is 8.27. The molecule has 2 aromatic carbocycles. The van der Waals surface area contributed by atoms with E-state index in [-0.39, 0.29) is 0 Å². The number of hydrogen-bond acceptors (Lipinski definition) is 1. The Kier molecular flexibility index (Phi) is 3.73. The van der Waals surface area contributed by atoms with Crippen molar-refractivity contribution in [2.45, 2.75) is 0 Å². The van der Waals surface area contributed by atoms with Crippen molar-refractivity contribution in [1.82, 2.24) is 0 Å². The normalized spacial score (nSPS) is 10.6. The molecule has 0 unspecified atom stereocenters. The lowest BCUT2D eigenvalue weighted by molar-refractivity contribution is 0.108. The summed E-state index contributed by atoms with van der Waals surface area (Å²) in [6.45, 7) is 0. The third-order valence-corrected chi connectivity index (χ3v) is 2.63. The van der Waals surface area contributed by atoms with Crippen LogP contribution >= 0.6 is 11.6 Å². The van der Waals surface area contributed by atoms with Gasteiger partial charge in [0.15, 0.2) is 0 Å². The van der Waals surface area contributed by atoms with Gasteiger partial charge < -0.3 is 0 Å². The van der Waals surface area contributed by atoms with Crippen molar-refractivity contribution in [2.75, 3.05) is 0 Å². The fourth-order valence-corrected chi connectivity index (χ4v) is 1.74. The van der Waals surface area contributed by atoms with E-state index in [1.54, 1.807) is 12.1 Å². The molecule has 0 aliphatic heterocycles. The van der Waals surface area contributed by atoms with E-state index >= 15 is 0 Å². The molecule has 0 N–H and O–H groups in total. The zero-order valence-corrected chi connectivity index (χ0v) is 9.89. The molecule has 0 aliphatic rings. The van der Waals surface area contributed by atoms with Gasteiger partial charge in [0.2, 0.25) is 0 Å². The molecule has 0 fully saturated rings. The Morgan fingerprint density at radius 1 is 0.882 bits per heavy atom. The zero-order chi connectivity index (χ0) is 12.1. The Hall–Kier alpha value is -1.86. The lowest BCUT2D eigenvalue weighted by Crippen LogP contribution is -1.91. The molecule has 0 radical (unpaired) electrons. The van der Waals surface area contributed by atoms with Crippen molar-refractivity contribution >= 4 is 29.0 Å². The molecule has 0 amide bonds. The first-order valence-electron chi connectivity index (χ1n) is 5.29. The summed E-state index contributed by atoms with van der Waals surface area (Å²) in [7, 11) is 0. The van der Waals surface area contributed by atoms with E-state index in [1.165, 1.54) is 0 Å². The van der Waals surface area contributed by atoms with Crippen LogP contribution in [0.25, 0.3) is 12.2 Å². The van der Waals surface area contributed by atoms with E-state index in [9.17, 15) is 4.79 Å². The van der Waals surface area contributed by atoms with E-state index in [4.69, 9.17) is 11.6 Å². The summed E-state index contributed by atoms with van der Waals surface area (Å²) in [5, 5.41) is -0.432. The quantitative estimate of drug-likeness (QED) is 0.581.